The van der Waals surface area contributed by atoms with Crippen LogP contribution >= 0.6 is 11.3 Å². The first-order chi connectivity index (χ1) is 20.0. The van der Waals surface area contributed by atoms with Crippen molar-refractivity contribution in [1.82, 2.24) is 10.2 Å². The van der Waals surface area contributed by atoms with Crippen LogP contribution in [0.4, 0.5) is 5.13 Å². The minimum absolute atomic E-state index is 0.0197. The van der Waals surface area contributed by atoms with Gasteiger partial charge in [0.05, 0.1) is 11.0 Å². The largest absolute Gasteiger partial charge is 0.478 e. The predicted molar refractivity (Wildman–Crippen MR) is 166 cm³/mol. The van der Waals surface area contributed by atoms with Gasteiger partial charge in [-0.05, 0) is 127 Å². The Bertz CT molecular complexity index is 1420. The number of amides is 1. The van der Waals surface area contributed by atoms with Crippen molar-refractivity contribution in [3.05, 3.63) is 47.0 Å². The lowest BCUT2D eigenvalue weighted by atomic mass is 9.36. The van der Waals surface area contributed by atoms with E-state index in [9.17, 15) is 14.7 Å². The summed E-state index contributed by atoms with van der Waals surface area (Å²) in [7, 11) is 0. The highest BCUT2D eigenvalue weighted by molar-refractivity contribution is 7.13. The van der Waals surface area contributed by atoms with E-state index < -0.39 is 5.97 Å². The molecule has 4 saturated carbocycles. The summed E-state index contributed by atoms with van der Waals surface area (Å²) in [6, 6.07) is 7.52. The quantitative estimate of drug-likeness (QED) is 0.375. The second-order valence-corrected chi connectivity index (χ2v) is 16.2. The van der Waals surface area contributed by atoms with Crippen LogP contribution in [-0.2, 0) is 4.79 Å². The Morgan fingerprint density at radius 2 is 1.69 bits per heavy atom. The predicted octanol–water partition coefficient (Wildman–Crippen LogP) is 8.33. The van der Waals surface area contributed by atoms with Crippen LogP contribution in [0, 0.1) is 51.2 Å². The van der Waals surface area contributed by atoms with Crippen LogP contribution < -0.4 is 5.32 Å². The van der Waals surface area contributed by atoms with E-state index in [0.717, 1.165) is 25.7 Å². The van der Waals surface area contributed by atoms with E-state index in [1.807, 2.05) is 12.1 Å². The van der Waals surface area contributed by atoms with E-state index in [0.29, 0.717) is 45.7 Å². The first kappa shape index (κ1) is 28.2. The Labute approximate surface area is 253 Å². The highest BCUT2D eigenvalue weighted by Gasteiger charge is 2.66. The van der Waals surface area contributed by atoms with Gasteiger partial charge < -0.3 is 10.4 Å². The van der Waals surface area contributed by atoms with Crippen LogP contribution in [0.25, 0.3) is 5.57 Å². The highest BCUT2D eigenvalue weighted by Crippen LogP contribution is 2.73. The van der Waals surface area contributed by atoms with Crippen molar-refractivity contribution in [2.75, 3.05) is 5.32 Å². The lowest BCUT2D eigenvalue weighted by molar-refractivity contribution is -0.180. The van der Waals surface area contributed by atoms with Gasteiger partial charge in [-0.1, -0.05) is 63.7 Å². The topological polar surface area (TPSA) is 92.2 Å². The highest BCUT2D eigenvalue weighted by atomic mass is 32.1. The number of hydrogen-bond donors (Lipinski definition) is 2. The molecule has 6 nitrogen and oxygen atoms in total. The number of anilines is 1. The first-order valence-electron chi connectivity index (χ1n) is 16.1. The normalized spacial score (nSPS) is 40.1. The molecule has 42 heavy (non-hydrogen) atoms. The molecule has 224 valence electrons. The first-order valence-corrected chi connectivity index (χ1v) is 17.0. The zero-order valence-corrected chi connectivity index (χ0v) is 26.3. The zero-order chi connectivity index (χ0) is 29.5. The molecule has 2 aromatic rings. The molecule has 0 bridgehead atoms. The van der Waals surface area contributed by atoms with Gasteiger partial charge in [-0.15, -0.1) is 10.2 Å². The molecule has 1 amide bonds. The molecule has 7 heteroatoms. The standard InChI is InChI=1S/C35H45N3O3S/c1-32(2)24(21-7-9-22(10-8-21)29(39)40)13-17-34(4)27(32)15-18-33(3)25-14-19-35(30(41)37-31-38-36-20-42-31)16-5-6-26(35)23(25)11-12-28(33)34/h7-10,13,20,23,25-28H,5-6,11-12,14-19H2,1-4H3,(H,39,40)(H,37,38,41)/t23-,25?,26?,27?,28?,33-,34-,35-/m0/s1. The fourth-order valence-corrected chi connectivity index (χ4v) is 12.4. The Hall–Kier alpha value is -2.54. The third kappa shape index (κ3) is 3.94. The Morgan fingerprint density at radius 1 is 0.905 bits per heavy atom. The average Bonchev–Trinajstić information content (AvgIpc) is 3.63. The maximum Gasteiger partial charge on any atom is 0.335 e. The zero-order valence-electron chi connectivity index (χ0n) is 25.5. The van der Waals surface area contributed by atoms with Crippen LogP contribution in [0.3, 0.4) is 0 Å². The number of nitrogens with zero attached hydrogens (tertiary/aromatic N) is 2. The van der Waals surface area contributed by atoms with Crippen molar-refractivity contribution in [3.63, 3.8) is 0 Å². The summed E-state index contributed by atoms with van der Waals surface area (Å²) in [4.78, 5) is 25.3. The Kier molecular flexibility index (Phi) is 6.55. The van der Waals surface area contributed by atoms with Gasteiger partial charge in [0.15, 0.2) is 0 Å². The number of carbonyl (C=O) groups excluding carboxylic acids is 1. The molecule has 7 rings (SSSR count). The summed E-state index contributed by atoms with van der Waals surface area (Å²) in [5, 5.41) is 21.2. The van der Waals surface area contributed by atoms with E-state index in [-0.39, 0.29) is 22.2 Å². The molecule has 0 saturated heterocycles. The third-order valence-corrected chi connectivity index (χ3v) is 14.2. The van der Waals surface area contributed by atoms with Gasteiger partial charge in [0.25, 0.3) is 0 Å². The maximum atomic E-state index is 13.8. The minimum Gasteiger partial charge on any atom is -0.478 e. The number of aromatic carboxylic acids is 1. The fraction of sp³-hybridized carbons (Fsp3) is 0.657. The van der Waals surface area contributed by atoms with Gasteiger partial charge in [-0.25, -0.2) is 4.79 Å². The number of rotatable bonds is 4. The van der Waals surface area contributed by atoms with Crippen molar-refractivity contribution in [2.24, 2.45) is 51.2 Å². The molecule has 1 aromatic heterocycles. The summed E-state index contributed by atoms with van der Waals surface area (Å²) < 4.78 is 0. The molecule has 0 aliphatic heterocycles. The van der Waals surface area contributed by atoms with Crippen molar-refractivity contribution in [2.45, 2.75) is 91.9 Å². The molecule has 1 heterocycles. The van der Waals surface area contributed by atoms with E-state index in [4.69, 9.17) is 0 Å². The third-order valence-electron chi connectivity index (χ3n) is 13.6. The molecule has 4 fully saturated rings. The van der Waals surface area contributed by atoms with Crippen molar-refractivity contribution in [3.8, 4) is 0 Å². The summed E-state index contributed by atoms with van der Waals surface area (Å²) in [5.74, 6) is 2.41. The van der Waals surface area contributed by atoms with Gasteiger partial charge in [-0.2, -0.15) is 0 Å². The number of aromatic nitrogens is 2. The van der Waals surface area contributed by atoms with Crippen molar-refractivity contribution in [1.29, 1.82) is 0 Å². The fourth-order valence-electron chi connectivity index (χ4n) is 11.9. The summed E-state index contributed by atoms with van der Waals surface area (Å²) in [6.45, 7) is 10.1. The lowest BCUT2D eigenvalue weighted by Gasteiger charge is -2.68. The average molecular weight is 588 g/mol. The number of benzene rings is 1. The molecule has 0 radical (unpaired) electrons. The van der Waals surface area contributed by atoms with Gasteiger partial charge >= 0.3 is 5.97 Å². The summed E-state index contributed by atoms with van der Waals surface area (Å²) in [6.07, 6.45) is 14.1. The van der Waals surface area contributed by atoms with Gasteiger partial charge in [0, 0.05) is 0 Å². The van der Waals surface area contributed by atoms with E-state index >= 15 is 0 Å². The minimum atomic E-state index is -0.872. The van der Waals surface area contributed by atoms with Crippen molar-refractivity contribution < 1.29 is 14.7 Å². The maximum absolute atomic E-state index is 13.8. The molecule has 0 spiro atoms. The summed E-state index contributed by atoms with van der Waals surface area (Å²) >= 11 is 1.41. The molecule has 5 aliphatic carbocycles. The van der Waals surface area contributed by atoms with Crippen molar-refractivity contribution >= 4 is 33.9 Å². The second-order valence-electron chi connectivity index (χ2n) is 15.3. The van der Waals surface area contributed by atoms with Gasteiger partial charge in [0.1, 0.15) is 5.51 Å². The number of allylic oxidation sites excluding steroid dienone is 2. The number of carboxylic acids is 1. The monoisotopic (exact) mass is 587 g/mol. The molecular weight excluding hydrogens is 542 g/mol. The smallest absolute Gasteiger partial charge is 0.335 e. The number of carboxylic acid groups (broad SMARTS) is 1. The van der Waals surface area contributed by atoms with E-state index in [1.165, 1.54) is 61.0 Å². The number of nitrogens with one attached hydrogen (secondary N) is 1. The van der Waals surface area contributed by atoms with Crippen LogP contribution in [0.1, 0.15) is 108 Å². The molecule has 2 N–H and O–H groups in total. The Morgan fingerprint density at radius 3 is 2.40 bits per heavy atom. The molecule has 8 atom stereocenters. The van der Waals surface area contributed by atoms with E-state index in [2.05, 4.69) is 49.3 Å². The number of carbonyl (C=O) groups is 2. The van der Waals surface area contributed by atoms with Crippen LogP contribution in [0.2, 0.25) is 0 Å². The molecule has 5 aliphatic rings. The Balaban J connectivity index is 1.16. The van der Waals surface area contributed by atoms with Gasteiger partial charge in [-0.3, -0.25) is 4.79 Å². The lowest BCUT2D eigenvalue weighted by Crippen LogP contribution is -2.61. The van der Waals surface area contributed by atoms with Gasteiger partial charge in [0.2, 0.25) is 11.0 Å². The summed E-state index contributed by atoms with van der Waals surface area (Å²) in [5.41, 5.74) is 4.92. The second kappa shape index (κ2) is 9.73. The van der Waals surface area contributed by atoms with Crippen LogP contribution in [-0.4, -0.2) is 27.2 Å². The van der Waals surface area contributed by atoms with Crippen LogP contribution in [0.5, 0.6) is 0 Å². The molecular formula is C35H45N3O3S. The van der Waals surface area contributed by atoms with Crippen LogP contribution in [0.15, 0.2) is 35.9 Å². The molecule has 1 aromatic carbocycles. The number of fused-ring (bicyclic) bond motifs is 7. The number of hydrogen-bond acceptors (Lipinski definition) is 5. The molecule has 4 unspecified atom stereocenters. The van der Waals surface area contributed by atoms with E-state index in [1.54, 1.807) is 17.6 Å². The SMILES string of the molecule is CC1(C)C(c2ccc(C(=O)O)cc2)=CC[C@@]2(C)C1CC[C@@]1(C)C3CC[C@@]4(C(=O)Nc5nncs5)CCCC4[C@H]3CCC12.